The minimum absolute atomic E-state index is 1.37. The quantitative estimate of drug-likeness (QED) is 0.375. The maximum Gasteiger partial charge on any atom is -0.0533 e. The fraction of sp³-hybridized carbons (Fsp3) is 1.00. The van der Waals surface area contributed by atoms with Crippen LogP contribution >= 0.6 is 0 Å². The molecule has 14 heavy (non-hydrogen) atoms. The van der Waals surface area contributed by atoms with E-state index < -0.39 is 0 Å². The SMILES string of the molecule is CCCCCCCCCCCCC[14CH3]. The zero-order valence-electron chi connectivity index (χ0n) is 10.5. The lowest BCUT2D eigenvalue weighted by Gasteiger charge is -2.01. The van der Waals surface area contributed by atoms with Crippen molar-refractivity contribution in [3.63, 3.8) is 0 Å². The Labute approximate surface area is 91.5 Å². The largest absolute Gasteiger partial charge is 0.0654 e. The van der Waals surface area contributed by atoms with E-state index in [-0.39, 0.29) is 0 Å². The maximum atomic E-state index is 2.29. The van der Waals surface area contributed by atoms with Gasteiger partial charge in [-0.25, -0.2) is 0 Å². The van der Waals surface area contributed by atoms with E-state index in [2.05, 4.69) is 13.8 Å². The van der Waals surface area contributed by atoms with Crippen LogP contribution in [0.5, 0.6) is 0 Å². The van der Waals surface area contributed by atoms with Crippen LogP contribution in [0.4, 0.5) is 0 Å². The normalized spacial score (nSPS) is 10.7. The lowest BCUT2D eigenvalue weighted by molar-refractivity contribution is 0.548. The van der Waals surface area contributed by atoms with E-state index in [0.29, 0.717) is 0 Å². The molecule has 0 saturated carbocycles. The van der Waals surface area contributed by atoms with Crippen LogP contribution < -0.4 is 0 Å². The first-order valence-corrected chi connectivity index (χ1v) is 6.91. The molecule has 86 valence electrons. The number of rotatable bonds is 11. The fourth-order valence-corrected chi connectivity index (χ4v) is 1.91. The van der Waals surface area contributed by atoms with Crippen LogP contribution in [-0.4, -0.2) is 0 Å². The van der Waals surface area contributed by atoms with Crippen LogP contribution in [0.25, 0.3) is 0 Å². The van der Waals surface area contributed by atoms with Gasteiger partial charge in [-0.2, -0.15) is 0 Å². The highest BCUT2D eigenvalue weighted by Gasteiger charge is 1.91. The lowest BCUT2D eigenvalue weighted by Crippen LogP contribution is -1.81. The Morgan fingerprint density at radius 3 is 1.29 bits per heavy atom. The second-order valence-corrected chi connectivity index (χ2v) is 4.54. The standard InChI is InChI=1S/C14H30/c1-3-5-7-9-11-13-14-12-10-8-6-4-2/h3-14H2,1-2H3/i1+2. The summed E-state index contributed by atoms with van der Waals surface area (Å²) in [7, 11) is 0. The third kappa shape index (κ3) is 12.0. The molecule has 0 spiro atoms. The van der Waals surface area contributed by atoms with Gasteiger partial charge >= 0.3 is 0 Å². The first-order valence-electron chi connectivity index (χ1n) is 6.91. The van der Waals surface area contributed by atoms with Crippen LogP contribution in [0, 0.1) is 0 Å². The van der Waals surface area contributed by atoms with Crippen molar-refractivity contribution >= 4 is 0 Å². The molecule has 0 bridgehead atoms. The molecule has 0 atom stereocenters. The van der Waals surface area contributed by atoms with Gasteiger partial charge in [-0.1, -0.05) is 90.9 Å². The molecule has 0 nitrogen and oxygen atoms in total. The van der Waals surface area contributed by atoms with Crippen molar-refractivity contribution in [3.05, 3.63) is 0 Å². The summed E-state index contributed by atoms with van der Waals surface area (Å²) < 4.78 is 0. The van der Waals surface area contributed by atoms with E-state index in [4.69, 9.17) is 0 Å². The third-order valence-electron chi connectivity index (χ3n) is 2.96. The van der Waals surface area contributed by atoms with Crippen LogP contribution in [0.1, 0.15) is 90.9 Å². The molecule has 0 aliphatic heterocycles. The molecule has 0 rings (SSSR count). The summed E-state index contributed by atoms with van der Waals surface area (Å²) in [6.07, 6.45) is 17.4. The highest BCUT2D eigenvalue weighted by atomic mass is 14.5. The third-order valence-corrected chi connectivity index (χ3v) is 2.96. The first-order chi connectivity index (χ1) is 6.91. The van der Waals surface area contributed by atoms with Crippen molar-refractivity contribution < 1.29 is 0 Å². The van der Waals surface area contributed by atoms with E-state index in [0.717, 1.165) is 0 Å². The average Bonchev–Trinajstić information content (AvgIpc) is 2.21. The van der Waals surface area contributed by atoms with Crippen LogP contribution in [0.2, 0.25) is 0 Å². The van der Waals surface area contributed by atoms with Gasteiger partial charge in [0.1, 0.15) is 0 Å². The van der Waals surface area contributed by atoms with Crippen LogP contribution in [0.15, 0.2) is 0 Å². The highest BCUT2D eigenvalue weighted by molar-refractivity contribution is 4.47. The van der Waals surface area contributed by atoms with E-state index in [9.17, 15) is 0 Å². The molecule has 0 saturated heterocycles. The Hall–Kier alpha value is 0. The second kappa shape index (κ2) is 13.0. The van der Waals surface area contributed by atoms with Gasteiger partial charge in [-0.15, -0.1) is 0 Å². The summed E-state index contributed by atoms with van der Waals surface area (Å²) in [6, 6.07) is 0. The van der Waals surface area contributed by atoms with E-state index in [1.54, 1.807) is 0 Å². The molecule has 0 amide bonds. The number of hydrogen-bond acceptors (Lipinski definition) is 0. The molecular weight excluding hydrogens is 170 g/mol. The Kier molecular flexibility index (Phi) is 13.0. The fourth-order valence-electron chi connectivity index (χ4n) is 1.91. The van der Waals surface area contributed by atoms with Crippen molar-refractivity contribution in [2.75, 3.05) is 0 Å². The molecule has 0 aromatic rings. The summed E-state index contributed by atoms with van der Waals surface area (Å²) >= 11 is 0. The van der Waals surface area contributed by atoms with Gasteiger partial charge in [0.05, 0.1) is 0 Å². The topological polar surface area (TPSA) is 0 Å². The van der Waals surface area contributed by atoms with E-state index in [1.165, 1.54) is 77.0 Å². The smallest absolute Gasteiger partial charge is 0.0533 e. The molecule has 0 aromatic heterocycles. The van der Waals surface area contributed by atoms with Crippen molar-refractivity contribution in [2.24, 2.45) is 0 Å². The Morgan fingerprint density at radius 1 is 0.571 bits per heavy atom. The molecule has 0 N–H and O–H groups in total. The molecule has 0 aliphatic carbocycles. The van der Waals surface area contributed by atoms with Crippen LogP contribution in [-0.2, 0) is 0 Å². The minimum atomic E-state index is 1.37. The molecule has 0 heterocycles. The Morgan fingerprint density at radius 2 is 0.929 bits per heavy atom. The summed E-state index contributed by atoms with van der Waals surface area (Å²) in [5.41, 5.74) is 0. The predicted octanol–water partition coefficient (Wildman–Crippen LogP) is 5.71. The van der Waals surface area contributed by atoms with Gasteiger partial charge < -0.3 is 0 Å². The van der Waals surface area contributed by atoms with Gasteiger partial charge in [0.15, 0.2) is 0 Å². The molecular formula is C14H30. The van der Waals surface area contributed by atoms with E-state index in [1.807, 2.05) is 0 Å². The molecule has 0 heteroatoms. The van der Waals surface area contributed by atoms with Crippen molar-refractivity contribution in [3.8, 4) is 0 Å². The first kappa shape index (κ1) is 14.0. The average molecular weight is 200 g/mol. The summed E-state index contributed by atoms with van der Waals surface area (Å²) in [6.45, 7) is 4.57. The van der Waals surface area contributed by atoms with Crippen molar-refractivity contribution in [2.45, 2.75) is 90.9 Å². The lowest BCUT2D eigenvalue weighted by atomic mass is 10.1. The number of hydrogen-bond donors (Lipinski definition) is 0. The zero-order chi connectivity index (χ0) is 10.5. The molecule has 0 aromatic carbocycles. The number of unbranched alkanes of at least 4 members (excludes halogenated alkanes) is 11. The van der Waals surface area contributed by atoms with Gasteiger partial charge in [-0.3, -0.25) is 0 Å². The summed E-state index contributed by atoms with van der Waals surface area (Å²) in [5, 5.41) is 0. The highest BCUT2D eigenvalue weighted by Crippen LogP contribution is 2.11. The second-order valence-electron chi connectivity index (χ2n) is 4.54. The monoisotopic (exact) mass is 200 g/mol. The van der Waals surface area contributed by atoms with Gasteiger partial charge in [0.25, 0.3) is 0 Å². The van der Waals surface area contributed by atoms with Crippen LogP contribution in [0.3, 0.4) is 0 Å². The molecule has 0 aliphatic rings. The van der Waals surface area contributed by atoms with Gasteiger partial charge in [-0.05, 0) is 0 Å². The maximum absolute atomic E-state index is 2.29. The Balaban J connectivity index is 2.78. The molecule has 0 radical (unpaired) electrons. The predicted molar refractivity (Wildman–Crippen MR) is 66.8 cm³/mol. The van der Waals surface area contributed by atoms with Crippen molar-refractivity contribution in [1.29, 1.82) is 0 Å². The minimum Gasteiger partial charge on any atom is -0.0654 e. The summed E-state index contributed by atoms with van der Waals surface area (Å²) in [4.78, 5) is 0. The van der Waals surface area contributed by atoms with Gasteiger partial charge in [0.2, 0.25) is 0 Å². The van der Waals surface area contributed by atoms with Gasteiger partial charge in [0, 0.05) is 0 Å². The van der Waals surface area contributed by atoms with Crippen molar-refractivity contribution in [1.82, 2.24) is 0 Å². The molecule has 0 fully saturated rings. The summed E-state index contributed by atoms with van der Waals surface area (Å²) in [5.74, 6) is 0. The Bertz CT molecular complexity index is 74.0. The van der Waals surface area contributed by atoms with E-state index >= 15 is 0 Å². The molecule has 0 unspecified atom stereocenters. The zero-order valence-corrected chi connectivity index (χ0v) is 10.5.